The van der Waals surface area contributed by atoms with Gasteiger partial charge in [-0.05, 0) is 47.0 Å². The van der Waals surface area contributed by atoms with Crippen molar-refractivity contribution in [2.24, 2.45) is 0 Å². The molecule has 3 rings (SSSR count). The van der Waals surface area contributed by atoms with E-state index in [1.165, 1.54) is 18.4 Å². The molecule has 0 unspecified atom stereocenters. The molecule has 1 aromatic carbocycles. The van der Waals surface area contributed by atoms with Crippen molar-refractivity contribution in [3.63, 3.8) is 0 Å². The van der Waals surface area contributed by atoms with Gasteiger partial charge in [0.25, 0.3) is 0 Å². The molecule has 1 fully saturated rings. The van der Waals surface area contributed by atoms with E-state index in [0.29, 0.717) is 6.04 Å². The summed E-state index contributed by atoms with van der Waals surface area (Å²) in [6.45, 7) is 0. The minimum Gasteiger partial charge on any atom is -0.497 e. The second-order valence-electron chi connectivity index (χ2n) is 4.38. The molecule has 1 saturated carbocycles. The van der Waals surface area contributed by atoms with Crippen molar-refractivity contribution < 1.29 is 4.74 Å². The Hall–Kier alpha value is -1.08. The summed E-state index contributed by atoms with van der Waals surface area (Å²) in [6, 6.07) is 6.47. The smallest absolute Gasteiger partial charge is 0.209 e. The second-order valence-corrected chi connectivity index (χ2v) is 6.18. The van der Waals surface area contributed by atoms with Gasteiger partial charge in [0.15, 0.2) is 0 Å². The van der Waals surface area contributed by atoms with Gasteiger partial charge in [0, 0.05) is 10.2 Å². The monoisotopic (exact) mass is 340 g/mol. The van der Waals surface area contributed by atoms with Gasteiger partial charge in [-0.25, -0.2) is 4.68 Å². The largest absolute Gasteiger partial charge is 0.497 e. The Kier molecular flexibility index (Phi) is 3.74. The lowest BCUT2D eigenvalue weighted by atomic mass is 10.2. The van der Waals surface area contributed by atoms with Gasteiger partial charge in [0.2, 0.25) is 5.16 Å². The Bertz CT molecular complexity index is 585. The van der Waals surface area contributed by atoms with Gasteiger partial charge in [-0.2, -0.15) is 0 Å². The summed E-state index contributed by atoms with van der Waals surface area (Å²) in [6.07, 6.45) is 2.36. The van der Waals surface area contributed by atoms with Crippen molar-refractivity contribution >= 4 is 27.7 Å². The third-order valence-electron chi connectivity index (χ3n) is 2.97. The Labute approximate surface area is 123 Å². The summed E-state index contributed by atoms with van der Waals surface area (Å²) in [5.74, 6) is 1.67. The zero-order chi connectivity index (χ0) is 13.2. The highest BCUT2D eigenvalue weighted by Gasteiger charge is 2.27. The molecule has 2 aromatic rings. The standard InChI is InChI=1S/C12H13BrN4OS/c1-18-10-4-5-11(13)8(6-10)7-19-12-14-15-16-17(12)9-2-3-9/h4-6,9H,2-3,7H2,1H3. The second kappa shape index (κ2) is 5.50. The first-order valence-corrected chi connectivity index (χ1v) is 7.79. The van der Waals surface area contributed by atoms with Crippen molar-refractivity contribution in [3.05, 3.63) is 28.2 Å². The van der Waals surface area contributed by atoms with E-state index in [4.69, 9.17) is 4.74 Å². The average Bonchev–Trinajstić information content (AvgIpc) is 3.17. The van der Waals surface area contributed by atoms with E-state index >= 15 is 0 Å². The summed E-state index contributed by atoms with van der Waals surface area (Å²) < 4.78 is 8.25. The zero-order valence-corrected chi connectivity index (χ0v) is 12.8. The van der Waals surface area contributed by atoms with Crippen LogP contribution in [0.15, 0.2) is 27.8 Å². The van der Waals surface area contributed by atoms with Gasteiger partial charge in [-0.15, -0.1) is 5.10 Å². The third kappa shape index (κ3) is 2.92. The van der Waals surface area contributed by atoms with Crippen LogP contribution in [0.25, 0.3) is 0 Å². The van der Waals surface area contributed by atoms with Crippen LogP contribution in [0.4, 0.5) is 0 Å². The van der Waals surface area contributed by atoms with E-state index in [1.54, 1.807) is 18.9 Å². The minimum atomic E-state index is 0.506. The summed E-state index contributed by atoms with van der Waals surface area (Å²) >= 11 is 5.21. The normalized spacial score (nSPS) is 14.6. The lowest BCUT2D eigenvalue weighted by Gasteiger charge is -2.07. The summed E-state index contributed by atoms with van der Waals surface area (Å²) in [4.78, 5) is 0. The number of rotatable bonds is 5. The maximum Gasteiger partial charge on any atom is 0.209 e. The highest BCUT2D eigenvalue weighted by molar-refractivity contribution is 9.10. The molecule has 0 amide bonds. The number of nitrogens with zero attached hydrogens (tertiary/aromatic N) is 4. The molecule has 5 nitrogen and oxygen atoms in total. The highest BCUT2D eigenvalue weighted by Crippen LogP contribution is 2.37. The van der Waals surface area contributed by atoms with Crippen LogP contribution in [0.5, 0.6) is 5.75 Å². The molecule has 0 spiro atoms. The number of tetrazole rings is 1. The van der Waals surface area contributed by atoms with Crippen LogP contribution in [-0.2, 0) is 5.75 Å². The van der Waals surface area contributed by atoms with Crippen LogP contribution in [0.1, 0.15) is 24.4 Å². The molecule has 0 saturated heterocycles. The van der Waals surface area contributed by atoms with E-state index in [0.717, 1.165) is 21.1 Å². The first-order chi connectivity index (χ1) is 9.28. The van der Waals surface area contributed by atoms with Crippen LogP contribution < -0.4 is 4.74 Å². The van der Waals surface area contributed by atoms with Gasteiger partial charge in [-0.3, -0.25) is 0 Å². The number of aromatic nitrogens is 4. The Morgan fingerprint density at radius 2 is 2.32 bits per heavy atom. The molecule has 1 aliphatic carbocycles. The lowest BCUT2D eigenvalue weighted by molar-refractivity contribution is 0.414. The number of halogens is 1. The van der Waals surface area contributed by atoms with E-state index in [-0.39, 0.29) is 0 Å². The van der Waals surface area contributed by atoms with Crippen molar-refractivity contribution in [1.82, 2.24) is 20.2 Å². The van der Waals surface area contributed by atoms with Crippen molar-refractivity contribution in [3.8, 4) is 5.75 Å². The maximum atomic E-state index is 5.24. The number of thioether (sulfide) groups is 1. The molecular formula is C12H13BrN4OS. The lowest BCUT2D eigenvalue weighted by Crippen LogP contribution is -1.99. The fourth-order valence-electron chi connectivity index (χ4n) is 1.76. The molecule has 7 heteroatoms. The number of ether oxygens (including phenoxy) is 1. The minimum absolute atomic E-state index is 0.506. The van der Waals surface area contributed by atoms with E-state index in [9.17, 15) is 0 Å². The molecule has 0 aliphatic heterocycles. The molecule has 100 valence electrons. The molecule has 0 bridgehead atoms. The van der Waals surface area contributed by atoms with Gasteiger partial charge in [-0.1, -0.05) is 27.7 Å². The first-order valence-electron chi connectivity index (χ1n) is 6.01. The fraction of sp³-hybridized carbons (Fsp3) is 0.417. The number of hydrogen-bond donors (Lipinski definition) is 0. The highest BCUT2D eigenvalue weighted by atomic mass is 79.9. The molecule has 0 N–H and O–H groups in total. The number of methoxy groups -OCH3 is 1. The number of hydrogen-bond acceptors (Lipinski definition) is 5. The van der Waals surface area contributed by atoms with E-state index < -0.39 is 0 Å². The summed E-state index contributed by atoms with van der Waals surface area (Å²) in [5.41, 5.74) is 1.18. The fourth-order valence-corrected chi connectivity index (χ4v) is 3.27. The van der Waals surface area contributed by atoms with Crippen LogP contribution in [-0.4, -0.2) is 27.3 Å². The summed E-state index contributed by atoms with van der Waals surface area (Å²) in [5, 5.41) is 12.8. The molecule has 1 aromatic heterocycles. The van der Waals surface area contributed by atoms with Gasteiger partial charge < -0.3 is 4.74 Å². The Balaban J connectivity index is 1.73. The Morgan fingerprint density at radius 1 is 1.47 bits per heavy atom. The molecule has 1 heterocycles. The molecule has 0 radical (unpaired) electrons. The summed E-state index contributed by atoms with van der Waals surface area (Å²) in [7, 11) is 1.67. The average molecular weight is 341 g/mol. The first kappa shape index (κ1) is 12.9. The van der Waals surface area contributed by atoms with Crippen molar-refractivity contribution in [1.29, 1.82) is 0 Å². The van der Waals surface area contributed by atoms with Crippen molar-refractivity contribution in [2.45, 2.75) is 29.8 Å². The van der Waals surface area contributed by atoms with Crippen LogP contribution in [0, 0.1) is 0 Å². The third-order valence-corrected chi connectivity index (χ3v) is 4.72. The SMILES string of the molecule is COc1ccc(Br)c(CSc2nnnn2C2CC2)c1. The van der Waals surface area contributed by atoms with E-state index in [1.807, 2.05) is 22.9 Å². The quantitative estimate of drug-likeness (QED) is 0.783. The molecular weight excluding hydrogens is 328 g/mol. The number of benzene rings is 1. The van der Waals surface area contributed by atoms with Crippen LogP contribution in [0.2, 0.25) is 0 Å². The predicted molar refractivity (Wildman–Crippen MR) is 76.3 cm³/mol. The maximum absolute atomic E-state index is 5.24. The van der Waals surface area contributed by atoms with Gasteiger partial charge in [0.1, 0.15) is 5.75 Å². The zero-order valence-electron chi connectivity index (χ0n) is 10.4. The van der Waals surface area contributed by atoms with Crippen molar-refractivity contribution in [2.75, 3.05) is 7.11 Å². The van der Waals surface area contributed by atoms with E-state index in [2.05, 4.69) is 31.5 Å². The molecule has 19 heavy (non-hydrogen) atoms. The Morgan fingerprint density at radius 3 is 3.05 bits per heavy atom. The predicted octanol–water partition coefficient (Wildman–Crippen LogP) is 3.07. The van der Waals surface area contributed by atoms with Gasteiger partial charge in [0.05, 0.1) is 13.2 Å². The van der Waals surface area contributed by atoms with Crippen LogP contribution >= 0.6 is 27.7 Å². The van der Waals surface area contributed by atoms with Gasteiger partial charge >= 0.3 is 0 Å². The van der Waals surface area contributed by atoms with Crippen LogP contribution in [0.3, 0.4) is 0 Å². The molecule has 0 atom stereocenters. The molecule has 1 aliphatic rings. The topological polar surface area (TPSA) is 52.8 Å².